The zero-order chi connectivity index (χ0) is 16.4. The molecule has 23 heavy (non-hydrogen) atoms. The van der Waals surface area contributed by atoms with Crippen LogP contribution < -0.4 is 10.6 Å². The second kappa shape index (κ2) is 6.97. The summed E-state index contributed by atoms with van der Waals surface area (Å²) in [5.74, 6) is -0.0718. The van der Waals surface area contributed by atoms with Crippen molar-refractivity contribution in [3.63, 3.8) is 0 Å². The van der Waals surface area contributed by atoms with E-state index in [0.29, 0.717) is 0 Å². The number of nitrogens with one attached hydrogen (secondary N) is 2. The van der Waals surface area contributed by atoms with Crippen molar-refractivity contribution in [3.8, 4) is 0 Å². The second-order valence-electron chi connectivity index (χ2n) is 6.50. The van der Waals surface area contributed by atoms with Crippen LogP contribution in [0.3, 0.4) is 0 Å². The summed E-state index contributed by atoms with van der Waals surface area (Å²) in [7, 11) is 0. The Bertz CT molecular complexity index is 565. The van der Waals surface area contributed by atoms with Crippen LogP contribution in [0.1, 0.15) is 17.5 Å². The molecule has 0 saturated carbocycles. The highest BCUT2D eigenvalue weighted by Crippen LogP contribution is 2.25. The maximum atomic E-state index is 12.4. The molecule has 5 N–H and O–H groups in total. The Morgan fingerprint density at radius 1 is 1.17 bits per heavy atom. The van der Waals surface area contributed by atoms with Crippen LogP contribution in [0.2, 0.25) is 0 Å². The molecule has 1 aromatic rings. The standard InChI is InChI=1S/C17H24N2O4/c20-9-14-16(22)15(21)13(19-14)8-18-17(23)12-6-5-10-3-1-2-4-11(10)7-12/h1-4,12-16,19-22H,5-9H2,(H,18,23)/t12?,13-,14-,15-,16-/m1/s1. The van der Waals surface area contributed by atoms with E-state index in [4.69, 9.17) is 5.11 Å². The fourth-order valence-corrected chi connectivity index (χ4v) is 3.57. The van der Waals surface area contributed by atoms with Gasteiger partial charge in [0.05, 0.1) is 30.9 Å². The van der Waals surface area contributed by atoms with Gasteiger partial charge < -0.3 is 26.0 Å². The Hall–Kier alpha value is -1.47. The lowest BCUT2D eigenvalue weighted by molar-refractivity contribution is -0.125. The number of carbonyl (C=O) groups excluding carboxylic acids is 1. The highest BCUT2D eigenvalue weighted by atomic mass is 16.3. The van der Waals surface area contributed by atoms with Gasteiger partial charge in [0.1, 0.15) is 0 Å². The number of rotatable bonds is 4. The van der Waals surface area contributed by atoms with Crippen molar-refractivity contribution < 1.29 is 20.1 Å². The van der Waals surface area contributed by atoms with E-state index in [2.05, 4.69) is 22.8 Å². The van der Waals surface area contributed by atoms with Crippen molar-refractivity contribution in [2.45, 2.75) is 43.6 Å². The Morgan fingerprint density at radius 3 is 2.57 bits per heavy atom. The molecule has 0 aromatic heterocycles. The molecule has 1 amide bonds. The van der Waals surface area contributed by atoms with Crippen LogP contribution >= 0.6 is 0 Å². The fourth-order valence-electron chi connectivity index (χ4n) is 3.57. The maximum absolute atomic E-state index is 12.4. The SMILES string of the molecule is O=C(NC[C@H]1N[C@H](CO)[C@@H](O)[C@@H]1O)C1CCc2ccccc2C1. The summed E-state index contributed by atoms with van der Waals surface area (Å²) in [4.78, 5) is 12.4. The van der Waals surface area contributed by atoms with Gasteiger partial charge in [0.25, 0.3) is 0 Å². The first-order valence-corrected chi connectivity index (χ1v) is 8.17. The van der Waals surface area contributed by atoms with Crippen LogP contribution in [-0.4, -0.2) is 58.7 Å². The van der Waals surface area contributed by atoms with Gasteiger partial charge in [0.2, 0.25) is 5.91 Å². The largest absolute Gasteiger partial charge is 0.395 e. The van der Waals surface area contributed by atoms with Gasteiger partial charge in [-0.1, -0.05) is 24.3 Å². The summed E-state index contributed by atoms with van der Waals surface area (Å²) in [6, 6.07) is 7.21. The number of hydrogen-bond donors (Lipinski definition) is 5. The Kier molecular flexibility index (Phi) is 4.96. The van der Waals surface area contributed by atoms with Gasteiger partial charge >= 0.3 is 0 Å². The predicted octanol–water partition coefficient (Wildman–Crippen LogP) is -1.04. The third-order valence-electron chi connectivity index (χ3n) is 5.01. The van der Waals surface area contributed by atoms with E-state index in [0.717, 1.165) is 19.3 Å². The molecule has 1 aromatic carbocycles. The molecule has 6 heteroatoms. The quantitative estimate of drug-likeness (QED) is 0.488. The fraction of sp³-hybridized carbons (Fsp3) is 0.588. The molecule has 0 spiro atoms. The van der Waals surface area contributed by atoms with Crippen LogP contribution in [0.25, 0.3) is 0 Å². The second-order valence-corrected chi connectivity index (χ2v) is 6.50. The minimum absolute atomic E-state index is 0.0181. The van der Waals surface area contributed by atoms with Crippen molar-refractivity contribution in [2.75, 3.05) is 13.2 Å². The molecule has 0 bridgehead atoms. The van der Waals surface area contributed by atoms with E-state index >= 15 is 0 Å². The molecule has 5 atom stereocenters. The van der Waals surface area contributed by atoms with Crippen molar-refractivity contribution in [1.29, 1.82) is 0 Å². The number of carbonyl (C=O) groups is 1. The summed E-state index contributed by atoms with van der Waals surface area (Å²) in [6.07, 6.45) is 0.475. The molecule has 1 aliphatic carbocycles. The molecule has 2 aliphatic rings. The molecular weight excluding hydrogens is 296 g/mol. The predicted molar refractivity (Wildman–Crippen MR) is 84.8 cm³/mol. The average Bonchev–Trinajstić information content (AvgIpc) is 2.87. The molecule has 1 fully saturated rings. The van der Waals surface area contributed by atoms with E-state index in [9.17, 15) is 15.0 Å². The first-order valence-electron chi connectivity index (χ1n) is 8.17. The first kappa shape index (κ1) is 16.4. The van der Waals surface area contributed by atoms with Gasteiger partial charge in [-0.3, -0.25) is 4.79 Å². The van der Waals surface area contributed by atoms with Crippen molar-refractivity contribution >= 4 is 5.91 Å². The molecule has 1 unspecified atom stereocenters. The van der Waals surface area contributed by atoms with Gasteiger partial charge in [0, 0.05) is 12.5 Å². The first-order chi connectivity index (χ1) is 11.1. The van der Waals surface area contributed by atoms with Crippen LogP contribution in [0.4, 0.5) is 0 Å². The number of fused-ring (bicyclic) bond motifs is 1. The summed E-state index contributed by atoms with van der Waals surface area (Å²) < 4.78 is 0. The Morgan fingerprint density at radius 2 is 1.87 bits per heavy atom. The molecule has 3 rings (SSSR count). The maximum Gasteiger partial charge on any atom is 0.223 e. The molecule has 126 valence electrons. The zero-order valence-electron chi connectivity index (χ0n) is 13.0. The van der Waals surface area contributed by atoms with Crippen LogP contribution in [0.5, 0.6) is 0 Å². The lowest BCUT2D eigenvalue weighted by atomic mass is 9.83. The van der Waals surface area contributed by atoms with Crippen LogP contribution in [0.15, 0.2) is 24.3 Å². The van der Waals surface area contributed by atoms with E-state index in [-0.39, 0.29) is 25.0 Å². The Labute approximate surface area is 135 Å². The third-order valence-corrected chi connectivity index (χ3v) is 5.01. The van der Waals surface area contributed by atoms with Gasteiger partial charge in [-0.15, -0.1) is 0 Å². The van der Waals surface area contributed by atoms with Crippen molar-refractivity contribution in [2.24, 2.45) is 5.92 Å². The summed E-state index contributed by atoms with van der Waals surface area (Å²) in [5, 5.41) is 34.6. The van der Waals surface area contributed by atoms with E-state index in [1.54, 1.807) is 0 Å². The van der Waals surface area contributed by atoms with Gasteiger partial charge in [-0.2, -0.15) is 0 Å². The lowest BCUT2D eigenvalue weighted by Crippen LogP contribution is -2.46. The smallest absolute Gasteiger partial charge is 0.223 e. The molecule has 1 aliphatic heterocycles. The van der Waals surface area contributed by atoms with Crippen molar-refractivity contribution in [3.05, 3.63) is 35.4 Å². The number of aliphatic hydroxyl groups is 3. The zero-order valence-corrected chi connectivity index (χ0v) is 13.0. The van der Waals surface area contributed by atoms with Gasteiger partial charge in [-0.05, 0) is 30.4 Å². The molecule has 6 nitrogen and oxygen atoms in total. The lowest BCUT2D eigenvalue weighted by Gasteiger charge is -2.25. The van der Waals surface area contributed by atoms with E-state index < -0.39 is 24.3 Å². The number of hydrogen-bond acceptors (Lipinski definition) is 5. The summed E-state index contributed by atoms with van der Waals surface area (Å²) in [6.45, 7) is -0.00616. The summed E-state index contributed by atoms with van der Waals surface area (Å²) in [5.41, 5.74) is 2.55. The van der Waals surface area contributed by atoms with Gasteiger partial charge in [-0.25, -0.2) is 0 Å². The summed E-state index contributed by atoms with van der Waals surface area (Å²) >= 11 is 0. The number of benzene rings is 1. The van der Waals surface area contributed by atoms with Crippen LogP contribution in [-0.2, 0) is 17.6 Å². The van der Waals surface area contributed by atoms with Crippen LogP contribution in [0, 0.1) is 5.92 Å². The van der Waals surface area contributed by atoms with Crippen molar-refractivity contribution in [1.82, 2.24) is 10.6 Å². The molecular formula is C17H24N2O4. The molecule has 1 saturated heterocycles. The highest BCUT2D eigenvalue weighted by molar-refractivity contribution is 5.79. The minimum Gasteiger partial charge on any atom is -0.395 e. The molecule has 0 radical (unpaired) electrons. The molecule has 1 heterocycles. The average molecular weight is 320 g/mol. The number of amides is 1. The minimum atomic E-state index is -1.01. The number of aryl methyl sites for hydroxylation is 1. The van der Waals surface area contributed by atoms with E-state index in [1.165, 1.54) is 11.1 Å². The third kappa shape index (κ3) is 3.40. The highest BCUT2D eigenvalue weighted by Gasteiger charge is 2.40. The topological polar surface area (TPSA) is 102 Å². The normalized spacial score (nSPS) is 33.3. The number of aliphatic hydroxyl groups excluding tert-OH is 3. The van der Waals surface area contributed by atoms with Gasteiger partial charge in [0.15, 0.2) is 0 Å². The Balaban J connectivity index is 1.53. The van der Waals surface area contributed by atoms with E-state index in [1.807, 2.05) is 12.1 Å². The monoisotopic (exact) mass is 320 g/mol.